The Kier molecular flexibility index (Phi) is 6.17. The second-order valence-corrected chi connectivity index (χ2v) is 6.06. The Balaban J connectivity index is 1.99. The summed E-state index contributed by atoms with van der Waals surface area (Å²) in [6.45, 7) is 7.43. The summed E-state index contributed by atoms with van der Waals surface area (Å²) in [5.74, 6) is 0.162. The van der Waals surface area contributed by atoms with Crippen LogP contribution in [0.2, 0.25) is 0 Å². The van der Waals surface area contributed by atoms with Crippen LogP contribution in [0.15, 0.2) is 48.5 Å². The van der Waals surface area contributed by atoms with Gasteiger partial charge in [-0.25, -0.2) is 9.59 Å². The summed E-state index contributed by atoms with van der Waals surface area (Å²) >= 11 is 0. The summed E-state index contributed by atoms with van der Waals surface area (Å²) in [6.07, 6.45) is -0.119. The molecule has 0 atom stereocenters. The number of hydrogen-bond acceptors (Lipinski definition) is 5. The number of hydrogen-bond donors (Lipinski definition) is 0. The maximum absolute atomic E-state index is 12.2. The summed E-state index contributed by atoms with van der Waals surface area (Å²) in [4.78, 5) is 23.9. The van der Waals surface area contributed by atoms with E-state index >= 15 is 0 Å². The minimum absolute atomic E-state index is 0.0682. The topological polar surface area (TPSA) is 61.8 Å². The fourth-order valence-electron chi connectivity index (χ4n) is 2.05. The van der Waals surface area contributed by atoms with Crippen molar-refractivity contribution in [2.75, 3.05) is 0 Å². The standard InChI is InChI=1S/C20H22O5/c1-13(2)23-17-9-5-16(6-10-17)20(22)25-18-11-7-15(8-12-18)19(21)24-14(3)4/h5-14H,1-4H3. The Labute approximate surface area is 147 Å². The van der Waals surface area contributed by atoms with E-state index in [2.05, 4.69) is 0 Å². The molecule has 0 fully saturated rings. The molecule has 2 rings (SSSR count). The summed E-state index contributed by atoms with van der Waals surface area (Å²) in [5.41, 5.74) is 0.822. The van der Waals surface area contributed by atoms with Gasteiger partial charge in [0.2, 0.25) is 0 Å². The molecular weight excluding hydrogens is 320 g/mol. The van der Waals surface area contributed by atoms with Crippen molar-refractivity contribution in [1.82, 2.24) is 0 Å². The SMILES string of the molecule is CC(C)OC(=O)c1ccc(OC(=O)c2ccc(OC(C)C)cc2)cc1. The van der Waals surface area contributed by atoms with Crippen molar-refractivity contribution >= 4 is 11.9 Å². The summed E-state index contributed by atoms with van der Waals surface area (Å²) < 4.78 is 15.9. The van der Waals surface area contributed by atoms with Crippen LogP contribution in [0.4, 0.5) is 0 Å². The molecule has 0 heterocycles. The minimum atomic E-state index is -0.478. The maximum atomic E-state index is 12.2. The van der Waals surface area contributed by atoms with Gasteiger partial charge in [-0.05, 0) is 76.2 Å². The number of benzene rings is 2. The van der Waals surface area contributed by atoms with Gasteiger partial charge in [0, 0.05) is 0 Å². The molecule has 0 saturated heterocycles. The van der Waals surface area contributed by atoms with Crippen LogP contribution in [0.1, 0.15) is 48.4 Å². The highest BCUT2D eigenvalue weighted by molar-refractivity contribution is 5.92. The Morgan fingerprint density at radius 1 is 0.680 bits per heavy atom. The van der Waals surface area contributed by atoms with Gasteiger partial charge in [-0.15, -0.1) is 0 Å². The smallest absolute Gasteiger partial charge is 0.343 e. The first-order valence-electron chi connectivity index (χ1n) is 8.15. The molecule has 0 spiro atoms. The van der Waals surface area contributed by atoms with E-state index in [0.717, 1.165) is 0 Å². The molecule has 0 N–H and O–H groups in total. The molecule has 2 aromatic rings. The lowest BCUT2D eigenvalue weighted by atomic mass is 10.2. The number of ether oxygens (including phenoxy) is 3. The van der Waals surface area contributed by atoms with Crippen LogP contribution in [0.5, 0.6) is 11.5 Å². The molecule has 25 heavy (non-hydrogen) atoms. The highest BCUT2D eigenvalue weighted by Crippen LogP contribution is 2.18. The molecule has 0 aliphatic heterocycles. The molecule has 5 nitrogen and oxygen atoms in total. The van der Waals surface area contributed by atoms with E-state index in [1.165, 1.54) is 0 Å². The van der Waals surface area contributed by atoms with Gasteiger partial charge in [0.05, 0.1) is 23.3 Å². The van der Waals surface area contributed by atoms with E-state index in [1.54, 1.807) is 62.4 Å². The molecule has 2 aromatic carbocycles. The quantitative estimate of drug-likeness (QED) is 0.580. The van der Waals surface area contributed by atoms with Gasteiger partial charge in [-0.2, -0.15) is 0 Å². The highest BCUT2D eigenvalue weighted by atomic mass is 16.5. The van der Waals surface area contributed by atoms with Gasteiger partial charge in [-0.3, -0.25) is 0 Å². The summed E-state index contributed by atoms with van der Waals surface area (Å²) in [7, 11) is 0. The predicted molar refractivity (Wildman–Crippen MR) is 94.2 cm³/mol. The van der Waals surface area contributed by atoms with Crippen LogP contribution >= 0.6 is 0 Å². The van der Waals surface area contributed by atoms with Gasteiger partial charge >= 0.3 is 11.9 Å². The van der Waals surface area contributed by atoms with E-state index in [9.17, 15) is 9.59 Å². The first-order valence-corrected chi connectivity index (χ1v) is 8.15. The molecule has 0 unspecified atom stereocenters. The molecule has 0 aliphatic carbocycles. The molecule has 5 heteroatoms. The van der Waals surface area contributed by atoms with E-state index in [-0.39, 0.29) is 12.2 Å². The zero-order chi connectivity index (χ0) is 18.4. The van der Waals surface area contributed by atoms with Gasteiger partial charge < -0.3 is 14.2 Å². The lowest BCUT2D eigenvalue weighted by molar-refractivity contribution is 0.0378. The van der Waals surface area contributed by atoms with Crippen LogP contribution < -0.4 is 9.47 Å². The predicted octanol–water partition coefficient (Wildman–Crippen LogP) is 4.26. The number of esters is 2. The minimum Gasteiger partial charge on any atom is -0.491 e. The Bertz CT molecular complexity index is 715. The lowest BCUT2D eigenvalue weighted by Crippen LogP contribution is -2.12. The molecule has 0 saturated carbocycles. The van der Waals surface area contributed by atoms with E-state index in [0.29, 0.717) is 22.6 Å². The second-order valence-electron chi connectivity index (χ2n) is 6.06. The third-order valence-corrected chi connectivity index (χ3v) is 3.11. The van der Waals surface area contributed by atoms with E-state index in [1.807, 2.05) is 13.8 Å². The van der Waals surface area contributed by atoms with Crippen LogP contribution in [-0.2, 0) is 4.74 Å². The van der Waals surface area contributed by atoms with Crippen molar-refractivity contribution < 1.29 is 23.8 Å². The number of rotatable bonds is 6. The Morgan fingerprint density at radius 3 is 1.64 bits per heavy atom. The van der Waals surface area contributed by atoms with Gasteiger partial charge in [0.1, 0.15) is 11.5 Å². The maximum Gasteiger partial charge on any atom is 0.343 e. The zero-order valence-electron chi connectivity index (χ0n) is 14.8. The van der Waals surface area contributed by atoms with Crippen molar-refractivity contribution in [2.45, 2.75) is 39.9 Å². The fraction of sp³-hybridized carbons (Fsp3) is 0.300. The van der Waals surface area contributed by atoms with Crippen molar-refractivity contribution in [2.24, 2.45) is 0 Å². The summed E-state index contributed by atoms with van der Waals surface area (Å²) in [6, 6.07) is 13.0. The third kappa shape index (κ3) is 5.64. The highest BCUT2D eigenvalue weighted by Gasteiger charge is 2.12. The first kappa shape index (κ1) is 18.5. The average Bonchev–Trinajstić information content (AvgIpc) is 2.55. The fourth-order valence-corrected chi connectivity index (χ4v) is 2.05. The molecular formula is C20H22O5. The first-order chi connectivity index (χ1) is 11.8. The molecule has 0 aromatic heterocycles. The van der Waals surface area contributed by atoms with Gasteiger partial charge in [0.15, 0.2) is 0 Å². The zero-order valence-corrected chi connectivity index (χ0v) is 14.8. The van der Waals surface area contributed by atoms with Crippen molar-refractivity contribution in [3.63, 3.8) is 0 Å². The van der Waals surface area contributed by atoms with E-state index in [4.69, 9.17) is 14.2 Å². The second kappa shape index (κ2) is 8.33. The van der Waals surface area contributed by atoms with Crippen molar-refractivity contribution in [3.8, 4) is 11.5 Å². The third-order valence-electron chi connectivity index (χ3n) is 3.11. The van der Waals surface area contributed by atoms with Crippen molar-refractivity contribution in [1.29, 1.82) is 0 Å². The Hall–Kier alpha value is -2.82. The number of carbonyl (C=O) groups is 2. The largest absolute Gasteiger partial charge is 0.491 e. The van der Waals surface area contributed by atoms with Crippen LogP contribution in [-0.4, -0.2) is 24.1 Å². The lowest BCUT2D eigenvalue weighted by Gasteiger charge is -2.10. The van der Waals surface area contributed by atoms with Crippen LogP contribution in [0.25, 0.3) is 0 Å². The molecule has 132 valence electrons. The van der Waals surface area contributed by atoms with Crippen molar-refractivity contribution in [3.05, 3.63) is 59.7 Å². The molecule has 0 radical (unpaired) electrons. The average molecular weight is 342 g/mol. The van der Waals surface area contributed by atoms with Gasteiger partial charge in [-0.1, -0.05) is 0 Å². The molecule has 0 bridgehead atoms. The monoisotopic (exact) mass is 342 g/mol. The van der Waals surface area contributed by atoms with Gasteiger partial charge in [0.25, 0.3) is 0 Å². The van der Waals surface area contributed by atoms with Crippen LogP contribution in [0, 0.1) is 0 Å². The molecule has 0 amide bonds. The van der Waals surface area contributed by atoms with E-state index < -0.39 is 11.9 Å². The number of carbonyl (C=O) groups excluding carboxylic acids is 2. The normalized spacial score (nSPS) is 10.6. The molecule has 0 aliphatic rings. The summed E-state index contributed by atoms with van der Waals surface area (Å²) in [5, 5.41) is 0. The van der Waals surface area contributed by atoms with Crippen LogP contribution in [0.3, 0.4) is 0 Å². The Morgan fingerprint density at radius 2 is 1.16 bits per heavy atom.